The summed E-state index contributed by atoms with van der Waals surface area (Å²) < 4.78 is 0. The van der Waals surface area contributed by atoms with Crippen LogP contribution in [-0.2, 0) is 19.4 Å². The second-order valence-electron chi connectivity index (χ2n) is 5.04. The van der Waals surface area contributed by atoms with Crippen molar-refractivity contribution in [1.29, 1.82) is 0 Å². The van der Waals surface area contributed by atoms with Crippen LogP contribution >= 0.6 is 0 Å². The number of hydrogen-bond donors (Lipinski definition) is 2. The molecule has 0 spiro atoms. The Morgan fingerprint density at radius 3 is 2.95 bits per heavy atom. The SMILES string of the molecule is CCc1cccc(NCc2cccc3c2NCC3)c1. The number of fused-ring (bicyclic) bond motifs is 1. The van der Waals surface area contributed by atoms with Gasteiger partial charge < -0.3 is 10.6 Å². The second-order valence-corrected chi connectivity index (χ2v) is 5.04. The monoisotopic (exact) mass is 252 g/mol. The number of para-hydroxylation sites is 1. The Morgan fingerprint density at radius 1 is 1.16 bits per heavy atom. The van der Waals surface area contributed by atoms with Crippen molar-refractivity contribution in [2.75, 3.05) is 17.2 Å². The Balaban J connectivity index is 1.74. The Hall–Kier alpha value is -1.96. The van der Waals surface area contributed by atoms with E-state index >= 15 is 0 Å². The van der Waals surface area contributed by atoms with Gasteiger partial charge in [-0.3, -0.25) is 0 Å². The Bertz CT molecular complexity index is 575. The number of nitrogens with one attached hydrogen (secondary N) is 2. The molecule has 0 aliphatic carbocycles. The van der Waals surface area contributed by atoms with Gasteiger partial charge in [0.25, 0.3) is 0 Å². The molecule has 2 aromatic rings. The molecule has 3 rings (SSSR count). The molecule has 0 saturated carbocycles. The average Bonchev–Trinajstić information content (AvgIpc) is 2.94. The zero-order valence-corrected chi connectivity index (χ0v) is 11.4. The van der Waals surface area contributed by atoms with Crippen LogP contribution in [0.15, 0.2) is 42.5 Å². The summed E-state index contributed by atoms with van der Waals surface area (Å²) in [4.78, 5) is 0. The van der Waals surface area contributed by atoms with Crippen molar-refractivity contribution in [1.82, 2.24) is 0 Å². The molecule has 0 amide bonds. The fourth-order valence-electron chi connectivity index (χ4n) is 2.66. The molecule has 0 aromatic heterocycles. The van der Waals surface area contributed by atoms with Gasteiger partial charge in [-0.15, -0.1) is 0 Å². The van der Waals surface area contributed by atoms with Crippen LogP contribution in [-0.4, -0.2) is 6.54 Å². The highest BCUT2D eigenvalue weighted by atomic mass is 14.9. The van der Waals surface area contributed by atoms with Crippen molar-refractivity contribution in [2.24, 2.45) is 0 Å². The molecule has 19 heavy (non-hydrogen) atoms. The molecule has 1 aliphatic rings. The maximum atomic E-state index is 3.53. The molecule has 0 fully saturated rings. The summed E-state index contributed by atoms with van der Waals surface area (Å²) in [6.45, 7) is 4.13. The Kier molecular flexibility index (Phi) is 3.41. The molecule has 2 nitrogen and oxygen atoms in total. The molecule has 1 aliphatic heterocycles. The summed E-state index contributed by atoms with van der Waals surface area (Å²) in [7, 11) is 0. The number of rotatable bonds is 4. The fourth-order valence-corrected chi connectivity index (χ4v) is 2.66. The second kappa shape index (κ2) is 5.35. The van der Waals surface area contributed by atoms with Crippen LogP contribution in [0.25, 0.3) is 0 Å². The summed E-state index contributed by atoms with van der Waals surface area (Å²) in [5, 5.41) is 7.01. The highest BCUT2D eigenvalue weighted by Gasteiger charge is 2.12. The first-order valence-corrected chi connectivity index (χ1v) is 7.04. The van der Waals surface area contributed by atoms with E-state index in [0.717, 1.165) is 25.9 Å². The van der Waals surface area contributed by atoms with E-state index in [1.54, 1.807) is 0 Å². The van der Waals surface area contributed by atoms with Crippen LogP contribution in [0.1, 0.15) is 23.6 Å². The summed E-state index contributed by atoms with van der Waals surface area (Å²) in [6, 6.07) is 15.2. The standard InChI is InChI=1S/C17H20N2/c1-2-13-5-3-8-16(11-13)19-12-15-7-4-6-14-9-10-18-17(14)15/h3-8,11,18-19H,2,9-10,12H2,1H3. The predicted octanol–water partition coefficient (Wildman–Crippen LogP) is 3.83. The van der Waals surface area contributed by atoms with Gasteiger partial charge >= 0.3 is 0 Å². The first-order chi connectivity index (χ1) is 9.36. The van der Waals surface area contributed by atoms with Gasteiger partial charge in [0.05, 0.1) is 0 Å². The van der Waals surface area contributed by atoms with E-state index in [1.165, 1.54) is 28.1 Å². The number of aryl methyl sites for hydroxylation is 1. The molecule has 0 saturated heterocycles. The molecule has 0 bridgehead atoms. The van der Waals surface area contributed by atoms with Gasteiger partial charge in [-0.1, -0.05) is 37.3 Å². The van der Waals surface area contributed by atoms with Crippen LogP contribution in [0.3, 0.4) is 0 Å². The molecule has 2 heteroatoms. The maximum absolute atomic E-state index is 3.53. The summed E-state index contributed by atoms with van der Waals surface area (Å²) >= 11 is 0. The highest BCUT2D eigenvalue weighted by Crippen LogP contribution is 2.27. The van der Waals surface area contributed by atoms with E-state index in [1.807, 2.05) is 0 Å². The van der Waals surface area contributed by atoms with Crippen LogP contribution < -0.4 is 10.6 Å². The van der Waals surface area contributed by atoms with Crippen molar-refractivity contribution in [3.63, 3.8) is 0 Å². The molecule has 0 radical (unpaired) electrons. The van der Waals surface area contributed by atoms with Gasteiger partial charge in [0.2, 0.25) is 0 Å². The first-order valence-electron chi connectivity index (χ1n) is 7.04. The Morgan fingerprint density at radius 2 is 2.05 bits per heavy atom. The van der Waals surface area contributed by atoms with Gasteiger partial charge in [0, 0.05) is 24.5 Å². The van der Waals surface area contributed by atoms with Gasteiger partial charge in [0.1, 0.15) is 0 Å². The third-order valence-corrected chi connectivity index (χ3v) is 3.75. The lowest BCUT2D eigenvalue weighted by Gasteiger charge is -2.11. The first kappa shape index (κ1) is 12.1. The van der Waals surface area contributed by atoms with E-state index in [0.29, 0.717) is 0 Å². The van der Waals surface area contributed by atoms with E-state index in [9.17, 15) is 0 Å². The largest absolute Gasteiger partial charge is 0.384 e. The van der Waals surface area contributed by atoms with E-state index in [-0.39, 0.29) is 0 Å². The van der Waals surface area contributed by atoms with Crippen molar-refractivity contribution in [3.05, 3.63) is 59.2 Å². The molecule has 98 valence electrons. The quantitative estimate of drug-likeness (QED) is 0.864. The number of anilines is 2. The molecule has 0 atom stereocenters. The normalized spacial score (nSPS) is 12.9. The number of benzene rings is 2. The minimum absolute atomic E-state index is 0.878. The van der Waals surface area contributed by atoms with Gasteiger partial charge in [0.15, 0.2) is 0 Å². The number of hydrogen-bond acceptors (Lipinski definition) is 2. The molecule has 2 N–H and O–H groups in total. The lowest BCUT2D eigenvalue weighted by molar-refractivity contribution is 1.11. The smallest absolute Gasteiger partial charge is 0.0424 e. The van der Waals surface area contributed by atoms with Crippen molar-refractivity contribution < 1.29 is 0 Å². The minimum Gasteiger partial charge on any atom is -0.384 e. The molecular weight excluding hydrogens is 232 g/mol. The van der Waals surface area contributed by atoms with Crippen LogP contribution in [0.5, 0.6) is 0 Å². The average molecular weight is 252 g/mol. The van der Waals surface area contributed by atoms with Crippen molar-refractivity contribution in [2.45, 2.75) is 26.3 Å². The summed E-state index contributed by atoms with van der Waals surface area (Å²) in [5.41, 5.74) is 6.72. The van der Waals surface area contributed by atoms with Crippen LogP contribution in [0.4, 0.5) is 11.4 Å². The van der Waals surface area contributed by atoms with Crippen LogP contribution in [0, 0.1) is 0 Å². The van der Waals surface area contributed by atoms with E-state index in [4.69, 9.17) is 0 Å². The Labute approximate surface area is 114 Å². The van der Waals surface area contributed by atoms with E-state index in [2.05, 4.69) is 60.0 Å². The lowest BCUT2D eigenvalue weighted by Crippen LogP contribution is -2.03. The summed E-state index contributed by atoms with van der Waals surface area (Å²) in [5.74, 6) is 0. The topological polar surface area (TPSA) is 24.1 Å². The van der Waals surface area contributed by atoms with Gasteiger partial charge in [-0.05, 0) is 41.7 Å². The minimum atomic E-state index is 0.878. The highest BCUT2D eigenvalue weighted by molar-refractivity contribution is 5.62. The van der Waals surface area contributed by atoms with Gasteiger partial charge in [-0.25, -0.2) is 0 Å². The van der Waals surface area contributed by atoms with E-state index < -0.39 is 0 Å². The van der Waals surface area contributed by atoms with Crippen molar-refractivity contribution in [3.8, 4) is 0 Å². The zero-order valence-electron chi connectivity index (χ0n) is 11.4. The third kappa shape index (κ3) is 2.58. The molecular formula is C17H20N2. The predicted molar refractivity (Wildman–Crippen MR) is 81.8 cm³/mol. The van der Waals surface area contributed by atoms with Gasteiger partial charge in [-0.2, -0.15) is 0 Å². The maximum Gasteiger partial charge on any atom is 0.0424 e. The third-order valence-electron chi connectivity index (χ3n) is 3.75. The lowest BCUT2D eigenvalue weighted by atomic mass is 10.1. The molecule has 1 heterocycles. The van der Waals surface area contributed by atoms with Crippen LogP contribution in [0.2, 0.25) is 0 Å². The van der Waals surface area contributed by atoms with Crippen molar-refractivity contribution >= 4 is 11.4 Å². The molecule has 2 aromatic carbocycles. The fraction of sp³-hybridized carbons (Fsp3) is 0.294. The zero-order chi connectivity index (χ0) is 13.1. The molecule has 0 unspecified atom stereocenters. The summed E-state index contributed by atoms with van der Waals surface area (Å²) in [6.07, 6.45) is 2.23.